The SMILES string of the molecule is CCCCCCCC/C=C/CCCCCCCCC(CCCCCCCC/C=C/CCCCCCCC)c1cc[n+](CCCC[N+](C)(C)C)cc1.[Cl-].[Cl-]. The fraction of sp³-hybridized carbons (Fsp3) is 0.816. The molecule has 0 fully saturated rings. The number of quaternary nitrogens is 1. The molecule has 0 aliphatic rings. The van der Waals surface area contributed by atoms with Gasteiger partial charge < -0.3 is 29.3 Å². The van der Waals surface area contributed by atoms with E-state index in [4.69, 9.17) is 0 Å². The van der Waals surface area contributed by atoms with E-state index in [9.17, 15) is 0 Å². The number of allylic oxidation sites excluding steroid dienone is 4. The maximum atomic E-state index is 2.46. The van der Waals surface area contributed by atoms with Gasteiger partial charge in [-0.25, -0.2) is 4.57 Å². The lowest BCUT2D eigenvalue weighted by atomic mass is 9.88. The number of rotatable bonds is 38. The number of halogens is 2. The van der Waals surface area contributed by atoms with E-state index in [2.05, 4.69) is 88.4 Å². The molecule has 0 aliphatic carbocycles. The molecule has 1 aromatic rings. The lowest BCUT2D eigenvalue weighted by Gasteiger charge is -2.23. The summed E-state index contributed by atoms with van der Waals surface area (Å²) in [5, 5.41) is 0. The Hall–Kier alpha value is -0.830. The summed E-state index contributed by atoms with van der Waals surface area (Å²) in [6, 6.07) is 4.93. The van der Waals surface area contributed by atoms with Crippen LogP contribution in [-0.2, 0) is 6.54 Å². The molecule has 0 saturated heterocycles. The first-order valence-electron chi connectivity index (χ1n) is 23.1. The second kappa shape index (κ2) is 40.8. The predicted molar refractivity (Wildman–Crippen MR) is 230 cm³/mol. The van der Waals surface area contributed by atoms with Crippen LogP contribution in [0.15, 0.2) is 48.8 Å². The highest BCUT2D eigenvalue weighted by atomic mass is 35.5. The molecule has 0 aromatic carbocycles. The van der Waals surface area contributed by atoms with Gasteiger partial charge >= 0.3 is 0 Å². The van der Waals surface area contributed by atoms with E-state index in [1.807, 2.05) is 0 Å². The molecule has 0 saturated carbocycles. The smallest absolute Gasteiger partial charge is 0.169 e. The summed E-state index contributed by atoms with van der Waals surface area (Å²) >= 11 is 0. The molecule has 0 spiro atoms. The first kappa shape index (κ1) is 54.3. The molecule has 2 nitrogen and oxygen atoms in total. The van der Waals surface area contributed by atoms with Crippen molar-refractivity contribution in [2.24, 2.45) is 0 Å². The Labute approximate surface area is 346 Å². The van der Waals surface area contributed by atoms with E-state index in [1.165, 1.54) is 212 Å². The van der Waals surface area contributed by atoms with E-state index in [1.54, 1.807) is 5.56 Å². The van der Waals surface area contributed by atoms with Crippen molar-refractivity contribution in [2.45, 2.75) is 232 Å². The van der Waals surface area contributed by atoms with Gasteiger partial charge in [-0.15, -0.1) is 0 Å². The molecular formula is C49H92Cl2N2. The molecule has 53 heavy (non-hydrogen) atoms. The minimum atomic E-state index is 0. The van der Waals surface area contributed by atoms with Crippen molar-refractivity contribution >= 4 is 0 Å². The molecule has 0 bridgehead atoms. The average Bonchev–Trinajstić information content (AvgIpc) is 3.12. The van der Waals surface area contributed by atoms with Crippen LogP contribution in [-0.4, -0.2) is 32.2 Å². The van der Waals surface area contributed by atoms with Gasteiger partial charge in [0, 0.05) is 25.0 Å². The molecular weight excluding hydrogens is 687 g/mol. The third-order valence-corrected chi connectivity index (χ3v) is 11.0. The van der Waals surface area contributed by atoms with Gasteiger partial charge in [-0.05, 0) is 75.7 Å². The summed E-state index contributed by atoms with van der Waals surface area (Å²) in [6.45, 7) is 7.01. The third kappa shape index (κ3) is 37.9. The van der Waals surface area contributed by atoms with Crippen LogP contribution >= 0.6 is 0 Å². The normalized spacial score (nSPS) is 11.9. The van der Waals surface area contributed by atoms with Crippen LogP contribution in [0.3, 0.4) is 0 Å². The lowest BCUT2D eigenvalue weighted by Crippen LogP contribution is -3.00. The monoisotopic (exact) mass is 779 g/mol. The first-order valence-corrected chi connectivity index (χ1v) is 23.1. The highest BCUT2D eigenvalue weighted by molar-refractivity contribution is 5.13. The van der Waals surface area contributed by atoms with Crippen LogP contribution in [0, 0.1) is 0 Å². The Morgan fingerprint density at radius 1 is 0.453 bits per heavy atom. The number of unbranched alkanes of at least 4 members (excludes halogenated alkanes) is 25. The van der Waals surface area contributed by atoms with Crippen LogP contribution in [0.4, 0.5) is 0 Å². The van der Waals surface area contributed by atoms with Crippen LogP contribution in [0.25, 0.3) is 0 Å². The highest BCUT2D eigenvalue weighted by Gasteiger charge is 2.14. The summed E-state index contributed by atoms with van der Waals surface area (Å²) in [5.74, 6) is 0.742. The molecule has 0 N–H and O–H groups in total. The van der Waals surface area contributed by atoms with Crippen LogP contribution in [0.2, 0.25) is 0 Å². The Kier molecular flexibility index (Phi) is 41.8. The molecule has 4 heteroatoms. The number of pyridine rings is 1. The minimum Gasteiger partial charge on any atom is -1.00 e. The number of hydrogen-bond acceptors (Lipinski definition) is 0. The van der Waals surface area contributed by atoms with E-state index in [0.717, 1.165) is 16.9 Å². The number of nitrogens with zero attached hydrogens (tertiary/aromatic N) is 2. The van der Waals surface area contributed by atoms with Crippen molar-refractivity contribution in [3.05, 3.63) is 54.4 Å². The van der Waals surface area contributed by atoms with Gasteiger partial charge in [-0.2, -0.15) is 0 Å². The molecule has 1 rings (SSSR count). The van der Waals surface area contributed by atoms with Crippen molar-refractivity contribution in [1.82, 2.24) is 0 Å². The molecule has 1 heterocycles. The predicted octanol–water partition coefficient (Wildman–Crippen LogP) is 9.41. The van der Waals surface area contributed by atoms with E-state index in [0.29, 0.717) is 0 Å². The van der Waals surface area contributed by atoms with Gasteiger partial charge in [0.1, 0.15) is 6.54 Å². The van der Waals surface area contributed by atoms with Crippen LogP contribution < -0.4 is 29.4 Å². The maximum absolute atomic E-state index is 2.46. The summed E-state index contributed by atoms with van der Waals surface area (Å²) in [4.78, 5) is 0. The van der Waals surface area contributed by atoms with Gasteiger partial charge in [0.25, 0.3) is 0 Å². The summed E-state index contributed by atoms with van der Waals surface area (Å²) in [7, 11) is 6.90. The second-order valence-corrected chi connectivity index (χ2v) is 17.2. The lowest BCUT2D eigenvalue weighted by molar-refractivity contribution is -0.870. The number of aryl methyl sites for hydroxylation is 1. The quantitative estimate of drug-likeness (QED) is 0.0273. The molecule has 312 valence electrons. The minimum absolute atomic E-state index is 0. The molecule has 0 aliphatic heterocycles. The molecule has 0 atom stereocenters. The topological polar surface area (TPSA) is 3.88 Å². The molecule has 0 unspecified atom stereocenters. The summed E-state index contributed by atoms with van der Waals surface area (Å²) in [6.07, 6.45) is 58.8. The van der Waals surface area contributed by atoms with Crippen molar-refractivity contribution in [3.63, 3.8) is 0 Å². The van der Waals surface area contributed by atoms with Gasteiger partial charge in [0.2, 0.25) is 0 Å². The second-order valence-electron chi connectivity index (χ2n) is 17.2. The zero-order valence-corrected chi connectivity index (χ0v) is 37.9. The first-order chi connectivity index (χ1) is 25.0. The van der Waals surface area contributed by atoms with E-state index >= 15 is 0 Å². The van der Waals surface area contributed by atoms with Crippen molar-refractivity contribution < 1.29 is 33.9 Å². The average molecular weight is 780 g/mol. The van der Waals surface area contributed by atoms with Gasteiger partial charge in [0.05, 0.1) is 27.7 Å². The van der Waals surface area contributed by atoms with Crippen molar-refractivity contribution in [3.8, 4) is 0 Å². The zero-order valence-electron chi connectivity index (χ0n) is 36.4. The highest BCUT2D eigenvalue weighted by Crippen LogP contribution is 2.28. The van der Waals surface area contributed by atoms with E-state index < -0.39 is 0 Å². The summed E-state index contributed by atoms with van der Waals surface area (Å²) in [5.41, 5.74) is 1.60. The molecule has 0 radical (unpaired) electrons. The van der Waals surface area contributed by atoms with E-state index in [-0.39, 0.29) is 24.8 Å². The standard InChI is InChI=1S/C49H92N2.2ClH/c1-6-8-10-12-14-16-18-20-22-24-26-28-30-32-34-36-40-48(49-42-45-50(46-43-49)44-38-39-47-51(3,4)5)41-37-35-33-31-29-27-25-23-21-19-17-15-13-11-9-7-2;;/h20-23,42-43,45-46,48H,6-19,24-41,44,47H2,1-5H3;2*1H/q+2;;/p-2/b22-20+,23-21+;;. The fourth-order valence-electron chi connectivity index (χ4n) is 7.52. The molecule has 0 amide bonds. The Morgan fingerprint density at radius 2 is 0.792 bits per heavy atom. The zero-order chi connectivity index (χ0) is 36.9. The third-order valence-electron chi connectivity index (χ3n) is 11.0. The maximum Gasteiger partial charge on any atom is 0.169 e. The fourth-order valence-corrected chi connectivity index (χ4v) is 7.52. The van der Waals surface area contributed by atoms with Gasteiger partial charge in [0.15, 0.2) is 12.4 Å². The number of aromatic nitrogens is 1. The van der Waals surface area contributed by atoms with Gasteiger partial charge in [-0.3, -0.25) is 0 Å². The summed E-state index contributed by atoms with van der Waals surface area (Å²) < 4.78 is 3.49. The van der Waals surface area contributed by atoms with Gasteiger partial charge in [-0.1, -0.05) is 167 Å². The Morgan fingerprint density at radius 3 is 1.15 bits per heavy atom. The largest absolute Gasteiger partial charge is 1.00 e. The van der Waals surface area contributed by atoms with Crippen molar-refractivity contribution in [2.75, 3.05) is 27.7 Å². The molecule has 1 aromatic heterocycles. The number of hydrogen-bond donors (Lipinski definition) is 0. The van der Waals surface area contributed by atoms with Crippen LogP contribution in [0.5, 0.6) is 0 Å². The Balaban J connectivity index is 0. The Bertz CT molecular complexity index is 862. The van der Waals surface area contributed by atoms with Crippen LogP contribution in [0.1, 0.15) is 231 Å². The van der Waals surface area contributed by atoms with Crippen molar-refractivity contribution in [1.29, 1.82) is 0 Å².